The molecule has 2 unspecified atom stereocenters. The van der Waals surface area contributed by atoms with Gasteiger partial charge in [0, 0.05) is 43.6 Å². The third-order valence-electron chi connectivity index (χ3n) is 6.43. The molecule has 3 N–H and O–H groups in total. The molecule has 9 heteroatoms. The van der Waals surface area contributed by atoms with Gasteiger partial charge in [-0.2, -0.15) is 0 Å². The predicted molar refractivity (Wildman–Crippen MR) is 121 cm³/mol. The number of ether oxygens (including phenoxy) is 1. The van der Waals surface area contributed by atoms with Gasteiger partial charge in [-0.05, 0) is 53.9 Å². The number of aliphatic hydroxyl groups excluding tert-OH is 1. The van der Waals surface area contributed by atoms with E-state index in [1.54, 1.807) is 30.1 Å². The van der Waals surface area contributed by atoms with Crippen LogP contribution in [0.2, 0.25) is 0 Å². The maximum absolute atomic E-state index is 13.1. The molecule has 0 aromatic heterocycles. The molecule has 2 aromatic carbocycles. The van der Waals surface area contributed by atoms with Crippen molar-refractivity contribution in [3.05, 3.63) is 58.7 Å². The van der Waals surface area contributed by atoms with Crippen molar-refractivity contribution in [2.24, 2.45) is 0 Å². The van der Waals surface area contributed by atoms with E-state index in [-0.39, 0.29) is 19.1 Å². The van der Waals surface area contributed by atoms with Crippen LogP contribution in [0.15, 0.2) is 36.4 Å². The average molecular weight is 450 g/mol. The number of benzene rings is 2. The second-order valence-corrected chi connectivity index (χ2v) is 8.63. The van der Waals surface area contributed by atoms with Gasteiger partial charge in [0.2, 0.25) is 0 Å². The highest BCUT2D eigenvalue weighted by atomic mass is 16.5. The minimum absolute atomic E-state index is 0.0932. The number of aliphatic hydroxyl groups is 1. The fourth-order valence-corrected chi connectivity index (χ4v) is 4.60. The van der Waals surface area contributed by atoms with Crippen LogP contribution in [0.4, 0.5) is 11.4 Å². The van der Waals surface area contributed by atoms with Crippen molar-refractivity contribution in [2.75, 3.05) is 37.0 Å². The lowest BCUT2D eigenvalue weighted by Crippen LogP contribution is -2.55. The molecule has 5 rings (SSSR count). The molecule has 3 heterocycles. The lowest BCUT2D eigenvalue weighted by molar-refractivity contribution is -0.150. The Hall–Kier alpha value is -3.27. The van der Waals surface area contributed by atoms with Crippen LogP contribution < -0.4 is 15.5 Å². The van der Waals surface area contributed by atoms with Crippen molar-refractivity contribution in [2.45, 2.75) is 31.7 Å². The van der Waals surface area contributed by atoms with Gasteiger partial charge < -0.3 is 30.3 Å². The molecule has 0 saturated carbocycles. The summed E-state index contributed by atoms with van der Waals surface area (Å²) in [5.41, 5.74) is 4.91. The highest BCUT2D eigenvalue weighted by Crippen LogP contribution is 2.28. The van der Waals surface area contributed by atoms with Crippen LogP contribution in [-0.2, 0) is 33.8 Å². The monoisotopic (exact) mass is 450 g/mol. The first-order chi connectivity index (χ1) is 15.9. The number of carbonyl (C=O) groups is 3. The number of morpholine rings is 1. The smallest absolute Gasteiger partial charge is 0.259 e. The molecule has 1 fully saturated rings. The highest BCUT2D eigenvalue weighted by Gasteiger charge is 2.40. The maximum atomic E-state index is 13.1. The van der Waals surface area contributed by atoms with Crippen LogP contribution in [0.5, 0.6) is 0 Å². The van der Waals surface area contributed by atoms with E-state index in [1.165, 1.54) is 10.5 Å². The van der Waals surface area contributed by atoms with E-state index in [1.807, 2.05) is 18.2 Å². The van der Waals surface area contributed by atoms with Crippen LogP contribution >= 0.6 is 0 Å². The first-order valence-corrected chi connectivity index (χ1v) is 11.0. The lowest BCUT2D eigenvalue weighted by Gasteiger charge is -2.34. The van der Waals surface area contributed by atoms with E-state index in [2.05, 4.69) is 10.6 Å². The number of anilines is 2. The zero-order valence-corrected chi connectivity index (χ0v) is 18.3. The molecule has 33 heavy (non-hydrogen) atoms. The van der Waals surface area contributed by atoms with Gasteiger partial charge in [-0.25, -0.2) is 0 Å². The summed E-state index contributed by atoms with van der Waals surface area (Å²) >= 11 is 0. The molecule has 2 atom stereocenters. The third-order valence-corrected chi connectivity index (χ3v) is 6.43. The van der Waals surface area contributed by atoms with Crippen LogP contribution in [0.1, 0.15) is 27.0 Å². The van der Waals surface area contributed by atoms with E-state index in [0.29, 0.717) is 23.5 Å². The van der Waals surface area contributed by atoms with Crippen molar-refractivity contribution in [3.63, 3.8) is 0 Å². The van der Waals surface area contributed by atoms with Crippen LogP contribution in [-0.4, -0.2) is 66.7 Å². The molecule has 3 amide bonds. The minimum Gasteiger partial charge on any atom is -0.380 e. The molecule has 3 aliphatic heterocycles. The fourth-order valence-electron chi connectivity index (χ4n) is 4.60. The number of nitrogens with zero attached hydrogens (tertiary/aromatic N) is 2. The van der Waals surface area contributed by atoms with Gasteiger partial charge in [0.25, 0.3) is 17.7 Å². The zero-order valence-electron chi connectivity index (χ0n) is 18.3. The van der Waals surface area contributed by atoms with E-state index >= 15 is 0 Å². The molecule has 0 radical (unpaired) electrons. The molecule has 0 bridgehead atoms. The van der Waals surface area contributed by atoms with E-state index in [0.717, 1.165) is 30.6 Å². The van der Waals surface area contributed by atoms with Crippen LogP contribution in [0, 0.1) is 0 Å². The molecule has 0 aliphatic carbocycles. The van der Waals surface area contributed by atoms with Crippen LogP contribution in [0.3, 0.4) is 0 Å². The molecule has 2 aromatic rings. The van der Waals surface area contributed by atoms with Crippen molar-refractivity contribution >= 4 is 29.1 Å². The Labute approximate surface area is 191 Å². The maximum Gasteiger partial charge on any atom is 0.259 e. The molecule has 1 saturated heterocycles. The van der Waals surface area contributed by atoms with Gasteiger partial charge in [-0.15, -0.1) is 0 Å². The molecular formula is C24H26N4O5. The Morgan fingerprint density at radius 1 is 1.18 bits per heavy atom. The van der Waals surface area contributed by atoms with Crippen molar-refractivity contribution < 1.29 is 24.2 Å². The second-order valence-electron chi connectivity index (χ2n) is 8.63. The van der Waals surface area contributed by atoms with Gasteiger partial charge in [0.1, 0.15) is 0 Å². The van der Waals surface area contributed by atoms with Crippen molar-refractivity contribution in [3.8, 4) is 0 Å². The summed E-state index contributed by atoms with van der Waals surface area (Å²) in [6.07, 6.45) is -2.13. The first kappa shape index (κ1) is 21.6. The Kier molecular flexibility index (Phi) is 5.61. The standard InChI is InChI=1S/C24H26N4O5/c1-27-13-16-3-5-18(11-19(16)23(27)31)28-8-9-33-21(24(28)32)20(29)22(30)26-17-4-2-15-12-25-7-6-14(15)10-17/h2-5,10-11,20-21,25,29H,6-9,12-13H2,1H3,(H,26,30). The van der Waals surface area contributed by atoms with E-state index in [9.17, 15) is 19.5 Å². The highest BCUT2D eigenvalue weighted by molar-refractivity contribution is 6.05. The Morgan fingerprint density at radius 3 is 2.85 bits per heavy atom. The van der Waals surface area contributed by atoms with Gasteiger partial charge in [0.15, 0.2) is 12.2 Å². The fraction of sp³-hybridized carbons (Fsp3) is 0.375. The Bertz CT molecular complexity index is 1130. The Balaban J connectivity index is 1.30. The molecule has 172 valence electrons. The SMILES string of the molecule is CN1Cc2ccc(N3CCOC(C(O)C(=O)Nc4ccc5c(c4)CCNC5)C3=O)cc2C1=O. The zero-order chi connectivity index (χ0) is 23.1. The minimum atomic E-state index is -1.67. The van der Waals surface area contributed by atoms with Crippen molar-refractivity contribution in [1.29, 1.82) is 0 Å². The number of fused-ring (bicyclic) bond motifs is 2. The summed E-state index contributed by atoms with van der Waals surface area (Å²) in [5.74, 6) is -1.31. The van der Waals surface area contributed by atoms with Gasteiger partial charge >= 0.3 is 0 Å². The van der Waals surface area contributed by atoms with Gasteiger partial charge in [-0.1, -0.05) is 12.1 Å². The summed E-state index contributed by atoms with van der Waals surface area (Å²) in [6, 6.07) is 10.9. The van der Waals surface area contributed by atoms with Gasteiger partial charge in [-0.3, -0.25) is 14.4 Å². The third kappa shape index (κ3) is 3.99. The predicted octanol–water partition coefficient (Wildman–Crippen LogP) is 0.649. The summed E-state index contributed by atoms with van der Waals surface area (Å²) < 4.78 is 5.50. The molecular weight excluding hydrogens is 424 g/mol. The molecule has 0 spiro atoms. The molecule has 3 aliphatic rings. The quantitative estimate of drug-likeness (QED) is 0.631. The topological polar surface area (TPSA) is 111 Å². The number of hydrogen-bond donors (Lipinski definition) is 3. The number of rotatable bonds is 4. The summed E-state index contributed by atoms with van der Waals surface area (Å²) in [6.45, 7) is 2.63. The van der Waals surface area contributed by atoms with Crippen molar-refractivity contribution in [1.82, 2.24) is 10.2 Å². The summed E-state index contributed by atoms with van der Waals surface area (Å²) in [7, 11) is 1.73. The van der Waals surface area contributed by atoms with Crippen LogP contribution in [0.25, 0.3) is 0 Å². The summed E-state index contributed by atoms with van der Waals surface area (Å²) in [4.78, 5) is 41.3. The first-order valence-electron chi connectivity index (χ1n) is 11.0. The number of nitrogens with one attached hydrogen (secondary N) is 2. The van der Waals surface area contributed by atoms with E-state index in [4.69, 9.17) is 4.74 Å². The number of hydrogen-bond acceptors (Lipinski definition) is 6. The summed E-state index contributed by atoms with van der Waals surface area (Å²) in [5, 5.41) is 16.6. The average Bonchev–Trinajstić information content (AvgIpc) is 3.11. The largest absolute Gasteiger partial charge is 0.380 e. The second kappa shape index (κ2) is 8.58. The lowest BCUT2D eigenvalue weighted by atomic mass is 10.0. The van der Waals surface area contributed by atoms with E-state index < -0.39 is 24.0 Å². The Morgan fingerprint density at radius 2 is 2.00 bits per heavy atom. The number of amides is 3. The van der Waals surface area contributed by atoms with Gasteiger partial charge in [0.05, 0.1) is 6.61 Å². The molecule has 9 nitrogen and oxygen atoms in total. The normalized spacial score (nSPS) is 21.0. The number of carbonyl (C=O) groups excluding carboxylic acids is 3.